The van der Waals surface area contributed by atoms with Crippen LogP contribution < -0.4 is 10.5 Å². The molecular formula is C15H14F3NO. The maximum Gasteiger partial charge on any atom is 0.165 e. The van der Waals surface area contributed by atoms with Gasteiger partial charge in [0.05, 0.1) is 0 Å². The second-order valence-corrected chi connectivity index (χ2v) is 4.62. The zero-order chi connectivity index (χ0) is 14.7. The second kappa shape index (κ2) is 5.96. The lowest BCUT2D eigenvalue weighted by molar-refractivity contribution is 0.432. The van der Waals surface area contributed by atoms with E-state index in [1.807, 2.05) is 6.92 Å². The summed E-state index contributed by atoms with van der Waals surface area (Å²) in [5.41, 5.74) is 6.38. The molecule has 0 fully saturated rings. The third-order valence-corrected chi connectivity index (χ3v) is 2.67. The number of halogens is 3. The molecule has 0 saturated carbocycles. The highest BCUT2D eigenvalue weighted by Gasteiger charge is 2.09. The summed E-state index contributed by atoms with van der Waals surface area (Å²) in [5.74, 6) is -2.62. The van der Waals surface area contributed by atoms with Crippen LogP contribution in [0, 0.1) is 17.5 Å². The summed E-state index contributed by atoms with van der Waals surface area (Å²) in [6.45, 7) is 1.82. The van der Waals surface area contributed by atoms with Gasteiger partial charge in [0, 0.05) is 12.1 Å². The van der Waals surface area contributed by atoms with Crippen molar-refractivity contribution in [3.05, 3.63) is 59.4 Å². The molecule has 0 spiro atoms. The number of ether oxygens (including phenoxy) is 1. The van der Waals surface area contributed by atoms with Crippen molar-refractivity contribution in [3.8, 4) is 11.5 Å². The van der Waals surface area contributed by atoms with Gasteiger partial charge in [-0.15, -0.1) is 0 Å². The van der Waals surface area contributed by atoms with E-state index < -0.39 is 17.5 Å². The molecule has 2 aromatic carbocycles. The van der Waals surface area contributed by atoms with Crippen molar-refractivity contribution in [1.29, 1.82) is 0 Å². The number of benzene rings is 2. The Morgan fingerprint density at radius 1 is 1.00 bits per heavy atom. The minimum atomic E-state index is -1.04. The molecule has 2 nitrogen and oxygen atoms in total. The summed E-state index contributed by atoms with van der Waals surface area (Å²) in [6, 6.07) is 7.38. The Morgan fingerprint density at radius 2 is 1.75 bits per heavy atom. The van der Waals surface area contributed by atoms with Gasteiger partial charge in [0.15, 0.2) is 23.2 Å². The number of rotatable bonds is 4. The number of nitrogens with two attached hydrogens (primary N) is 1. The van der Waals surface area contributed by atoms with Crippen LogP contribution >= 0.6 is 0 Å². The summed E-state index contributed by atoms with van der Waals surface area (Å²) < 4.78 is 44.8. The van der Waals surface area contributed by atoms with E-state index in [0.717, 1.165) is 17.7 Å². The molecule has 0 aliphatic carbocycles. The minimum Gasteiger partial charge on any atom is -0.454 e. The molecule has 1 unspecified atom stereocenters. The maximum atomic E-state index is 13.8. The van der Waals surface area contributed by atoms with Crippen LogP contribution in [0.5, 0.6) is 11.5 Å². The van der Waals surface area contributed by atoms with E-state index in [0.29, 0.717) is 6.42 Å². The van der Waals surface area contributed by atoms with Gasteiger partial charge in [0.25, 0.3) is 0 Å². The molecule has 0 radical (unpaired) electrons. The summed E-state index contributed by atoms with van der Waals surface area (Å²) >= 11 is 0. The van der Waals surface area contributed by atoms with Crippen LogP contribution in [0.4, 0.5) is 13.2 Å². The quantitative estimate of drug-likeness (QED) is 0.925. The monoisotopic (exact) mass is 281 g/mol. The first-order valence-corrected chi connectivity index (χ1v) is 6.12. The van der Waals surface area contributed by atoms with Gasteiger partial charge in [-0.05, 0) is 43.2 Å². The van der Waals surface area contributed by atoms with Crippen molar-refractivity contribution < 1.29 is 17.9 Å². The predicted molar refractivity (Wildman–Crippen MR) is 70.2 cm³/mol. The molecule has 0 aromatic heterocycles. The van der Waals surface area contributed by atoms with Gasteiger partial charge in [0.2, 0.25) is 0 Å². The van der Waals surface area contributed by atoms with Crippen LogP contribution in [-0.4, -0.2) is 6.04 Å². The van der Waals surface area contributed by atoms with Crippen molar-refractivity contribution in [2.24, 2.45) is 5.73 Å². The summed E-state index contributed by atoms with van der Waals surface area (Å²) in [6.07, 6.45) is 0.544. The van der Waals surface area contributed by atoms with Crippen LogP contribution in [-0.2, 0) is 6.42 Å². The second-order valence-electron chi connectivity index (χ2n) is 4.62. The minimum absolute atomic E-state index is 0.0303. The zero-order valence-electron chi connectivity index (χ0n) is 10.9. The van der Waals surface area contributed by atoms with Gasteiger partial charge in [-0.3, -0.25) is 0 Å². The Balaban J connectivity index is 2.19. The van der Waals surface area contributed by atoms with Crippen molar-refractivity contribution >= 4 is 0 Å². The zero-order valence-corrected chi connectivity index (χ0v) is 10.9. The van der Waals surface area contributed by atoms with E-state index in [1.165, 1.54) is 18.2 Å². The normalized spacial score (nSPS) is 12.2. The van der Waals surface area contributed by atoms with Crippen LogP contribution in [0.2, 0.25) is 0 Å². The largest absolute Gasteiger partial charge is 0.454 e. The van der Waals surface area contributed by atoms with Crippen molar-refractivity contribution in [1.82, 2.24) is 0 Å². The summed E-state index contributed by atoms with van der Waals surface area (Å²) in [7, 11) is 0. The Hall–Kier alpha value is -2.01. The molecule has 2 rings (SSSR count). The third kappa shape index (κ3) is 3.51. The van der Waals surface area contributed by atoms with Crippen molar-refractivity contribution in [2.75, 3.05) is 0 Å². The molecule has 106 valence electrons. The highest BCUT2D eigenvalue weighted by molar-refractivity contribution is 5.35. The molecule has 0 heterocycles. The number of hydrogen-bond acceptors (Lipinski definition) is 2. The molecule has 1 atom stereocenters. The third-order valence-electron chi connectivity index (χ3n) is 2.67. The predicted octanol–water partition coefficient (Wildman–Crippen LogP) is 3.79. The van der Waals surface area contributed by atoms with E-state index >= 15 is 0 Å². The van der Waals surface area contributed by atoms with E-state index in [2.05, 4.69) is 0 Å². The Labute approximate surface area is 115 Å². The average molecular weight is 281 g/mol. The van der Waals surface area contributed by atoms with E-state index in [-0.39, 0.29) is 17.5 Å². The maximum absolute atomic E-state index is 13.8. The molecule has 5 heteroatoms. The molecule has 20 heavy (non-hydrogen) atoms. The van der Waals surface area contributed by atoms with Gasteiger partial charge < -0.3 is 10.5 Å². The fourth-order valence-electron chi connectivity index (χ4n) is 1.79. The number of hydrogen-bond donors (Lipinski definition) is 1. The average Bonchev–Trinajstić information content (AvgIpc) is 2.36. The van der Waals surface area contributed by atoms with Crippen molar-refractivity contribution in [3.63, 3.8) is 0 Å². The summed E-state index contributed by atoms with van der Waals surface area (Å²) in [5, 5.41) is 0. The van der Waals surface area contributed by atoms with Crippen molar-refractivity contribution in [2.45, 2.75) is 19.4 Å². The van der Waals surface area contributed by atoms with Crippen LogP contribution in [0.25, 0.3) is 0 Å². The van der Waals surface area contributed by atoms with E-state index in [4.69, 9.17) is 10.5 Å². The lowest BCUT2D eigenvalue weighted by Crippen LogP contribution is -2.17. The highest BCUT2D eigenvalue weighted by Crippen LogP contribution is 2.26. The Morgan fingerprint density at radius 3 is 2.35 bits per heavy atom. The fourth-order valence-corrected chi connectivity index (χ4v) is 1.79. The lowest BCUT2D eigenvalue weighted by Gasteiger charge is -2.10. The molecule has 2 aromatic rings. The van der Waals surface area contributed by atoms with Gasteiger partial charge in [-0.25, -0.2) is 13.2 Å². The molecule has 0 amide bonds. The van der Waals surface area contributed by atoms with Crippen LogP contribution in [0.1, 0.15) is 12.5 Å². The summed E-state index contributed by atoms with van der Waals surface area (Å²) in [4.78, 5) is 0. The van der Waals surface area contributed by atoms with Crippen LogP contribution in [0.3, 0.4) is 0 Å². The lowest BCUT2D eigenvalue weighted by atomic mass is 10.1. The fraction of sp³-hybridized carbons (Fsp3) is 0.200. The van der Waals surface area contributed by atoms with Gasteiger partial charge >= 0.3 is 0 Å². The Bertz CT molecular complexity index is 614. The topological polar surface area (TPSA) is 35.2 Å². The molecular weight excluding hydrogens is 267 g/mol. The first-order chi connectivity index (χ1) is 9.45. The van der Waals surface area contributed by atoms with Crippen LogP contribution in [0.15, 0.2) is 36.4 Å². The highest BCUT2D eigenvalue weighted by atomic mass is 19.2. The van der Waals surface area contributed by atoms with Gasteiger partial charge in [-0.1, -0.05) is 6.07 Å². The first kappa shape index (κ1) is 14.4. The molecule has 2 N–H and O–H groups in total. The molecule has 0 saturated heterocycles. The van der Waals surface area contributed by atoms with Gasteiger partial charge in [0.1, 0.15) is 5.75 Å². The smallest absolute Gasteiger partial charge is 0.165 e. The first-order valence-electron chi connectivity index (χ1n) is 6.12. The molecule has 0 aliphatic rings. The van der Waals surface area contributed by atoms with E-state index in [1.54, 1.807) is 6.07 Å². The van der Waals surface area contributed by atoms with E-state index in [9.17, 15) is 13.2 Å². The SMILES string of the molecule is CC(N)Cc1ccc(Oc2ccc(F)c(F)c2)c(F)c1. The standard InChI is InChI=1S/C15H14F3NO/c1-9(19)6-10-2-5-15(14(18)7-10)20-11-3-4-12(16)13(17)8-11/h2-5,7-9H,6,19H2,1H3. The van der Waals surface area contributed by atoms with Gasteiger partial charge in [-0.2, -0.15) is 0 Å². The molecule has 0 bridgehead atoms. The molecule has 0 aliphatic heterocycles. The Kier molecular flexibility index (Phi) is 4.29.